The first-order valence-electron chi connectivity index (χ1n) is 9.08. The van der Waals surface area contributed by atoms with Crippen molar-refractivity contribution in [3.8, 4) is 0 Å². The summed E-state index contributed by atoms with van der Waals surface area (Å²) in [6.07, 6.45) is 0.195. The van der Waals surface area contributed by atoms with E-state index in [9.17, 15) is 24.0 Å². The summed E-state index contributed by atoms with van der Waals surface area (Å²) >= 11 is 0.860. The number of nitrogens with zero attached hydrogens (tertiary/aromatic N) is 1. The van der Waals surface area contributed by atoms with Crippen LogP contribution in [0.3, 0.4) is 0 Å². The van der Waals surface area contributed by atoms with Crippen LogP contribution in [0, 0.1) is 6.92 Å². The third-order valence-corrected chi connectivity index (χ3v) is 5.00. The molecule has 11 nitrogen and oxygen atoms in total. The van der Waals surface area contributed by atoms with Crippen LogP contribution in [0.25, 0.3) is 0 Å². The van der Waals surface area contributed by atoms with Crippen molar-refractivity contribution in [3.63, 3.8) is 0 Å². The summed E-state index contributed by atoms with van der Waals surface area (Å²) < 4.78 is 14.9. The van der Waals surface area contributed by atoms with Crippen LogP contribution in [0.15, 0.2) is 5.10 Å². The minimum absolute atomic E-state index is 0.00817. The zero-order valence-electron chi connectivity index (χ0n) is 16.7. The van der Waals surface area contributed by atoms with Crippen molar-refractivity contribution < 1.29 is 38.2 Å². The van der Waals surface area contributed by atoms with Crippen LogP contribution in [-0.4, -0.2) is 55.3 Å². The van der Waals surface area contributed by atoms with Gasteiger partial charge in [0.05, 0.1) is 18.8 Å². The maximum atomic E-state index is 12.3. The van der Waals surface area contributed by atoms with Gasteiger partial charge in [-0.25, -0.2) is 19.8 Å². The molecule has 0 saturated heterocycles. The van der Waals surface area contributed by atoms with Crippen molar-refractivity contribution in [2.24, 2.45) is 5.10 Å². The predicted octanol–water partition coefficient (Wildman–Crippen LogP) is 1.16. The summed E-state index contributed by atoms with van der Waals surface area (Å²) in [5, 5.41) is 6.12. The first kappa shape index (κ1) is 23.0. The first-order valence-corrected chi connectivity index (χ1v) is 9.90. The summed E-state index contributed by atoms with van der Waals surface area (Å²) in [5.74, 6) is -3.23. The second-order valence-electron chi connectivity index (χ2n) is 5.92. The van der Waals surface area contributed by atoms with Gasteiger partial charge in [0.25, 0.3) is 5.91 Å². The van der Waals surface area contributed by atoms with Gasteiger partial charge in [-0.2, -0.15) is 5.10 Å². The van der Waals surface area contributed by atoms with E-state index in [1.54, 1.807) is 20.8 Å². The van der Waals surface area contributed by atoms with Crippen molar-refractivity contribution >= 4 is 51.8 Å². The molecule has 0 saturated carbocycles. The SMILES string of the molecule is CCOC(=O)c1sc(NC(=O)COC(=O)C2=NNC(=O)CC2)c(C(=O)OCC)c1C. The van der Waals surface area contributed by atoms with Crippen LogP contribution in [0.1, 0.15) is 52.3 Å². The lowest BCUT2D eigenvalue weighted by Gasteiger charge is -2.11. The average molecular weight is 439 g/mol. The summed E-state index contributed by atoms with van der Waals surface area (Å²) in [6.45, 7) is 4.41. The summed E-state index contributed by atoms with van der Waals surface area (Å²) in [7, 11) is 0. The molecule has 0 fully saturated rings. The highest BCUT2D eigenvalue weighted by atomic mass is 32.1. The minimum atomic E-state index is -0.842. The molecule has 0 unspecified atom stereocenters. The Morgan fingerprint density at radius 1 is 1.03 bits per heavy atom. The number of rotatable bonds is 8. The van der Waals surface area contributed by atoms with E-state index in [-0.39, 0.29) is 53.1 Å². The highest BCUT2D eigenvalue weighted by Crippen LogP contribution is 2.34. The number of carbonyl (C=O) groups excluding carboxylic acids is 5. The van der Waals surface area contributed by atoms with Crippen LogP contribution in [0.4, 0.5) is 5.00 Å². The fourth-order valence-electron chi connectivity index (χ4n) is 2.44. The molecule has 1 aromatic rings. The Labute approximate surface area is 175 Å². The molecule has 0 radical (unpaired) electrons. The average Bonchev–Trinajstić information content (AvgIpc) is 3.03. The summed E-state index contributed by atoms with van der Waals surface area (Å²) in [6, 6.07) is 0. The standard InChI is InChI=1S/C18H21N3O8S/c1-4-27-17(25)13-9(3)14(18(26)28-5-2)30-15(13)19-12(23)8-29-16(24)10-6-7-11(22)21-20-10/h4-8H2,1-3H3,(H,19,23)(H,21,22). The molecule has 2 heterocycles. The lowest BCUT2D eigenvalue weighted by atomic mass is 10.1. The van der Waals surface area contributed by atoms with Gasteiger partial charge in [-0.05, 0) is 26.3 Å². The maximum Gasteiger partial charge on any atom is 0.355 e. The number of hydrazone groups is 1. The Bertz CT molecular complexity index is 905. The van der Waals surface area contributed by atoms with E-state index >= 15 is 0 Å². The van der Waals surface area contributed by atoms with E-state index in [0.717, 1.165) is 11.3 Å². The number of anilines is 1. The highest BCUT2D eigenvalue weighted by molar-refractivity contribution is 7.18. The largest absolute Gasteiger partial charge is 0.462 e. The molecule has 0 aliphatic carbocycles. The third kappa shape index (κ3) is 5.63. The van der Waals surface area contributed by atoms with Gasteiger partial charge in [-0.3, -0.25) is 9.59 Å². The monoisotopic (exact) mass is 439 g/mol. The number of hydrogen-bond acceptors (Lipinski definition) is 10. The second-order valence-corrected chi connectivity index (χ2v) is 6.94. The quantitative estimate of drug-likeness (QED) is 0.453. The van der Waals surface area contributed by atoms with Crippen molar-refractivity contribution in [1.82, 2.24) is 5.43 Å². The van der Waals surface area contributed by atoms with Gasteiger partial charge in [-0.1, -0.05) is 0 Å². The smallest absolute Gasteiger partial charge is 0.355 e. The molecule has 0 atom stereocenters. The number of esters is 3. The number of hydrogen-bond donors (Lipinski definition) is 2. The Morgan fingerprint density at radius 3 is 2.30 bits per heavy atom. The molecule has 2 amide bonds. The fraction of sp³-hybridized carbons (Fsp3) is 0.444. The van der Waals surface area contributed by atoms with E-state index in [0.29, 0.717) is 5.56 Å². The minimum Gasteiger partial charge on any atom is -0.462 e. The van der Waals surface area contributed by atoms with Gasteiger partial charge in [0, 0.05) is 12.8 Å². The Kier molecular flexibility index (Phi) is 8.04. The van der Waals surface area contributed by atoms with Gasteiger partial charge in [0.15, 0.2) is 6.61 Å². The summed E-state index contributed by atoms with van der Waals surface area (Å²) in [5.41, 5.74) is 2.50. The fourth-order valence-corrected chi connectivity index (χ4v) is 3.55. The van der Waals surface area contributed by atoms with Crippen LogP contribution in [-0.2, 0) is 28.6 Å². The zero-order chi connectivity index (χ0) is 22.3. The Morgan fingerprint density at radius 2 is 1.70 bits per heavy atom. The van der Waals surface area contributed by atoms with Gasteiger partial charge < -0.3 is 19.5 Å². The Balaban J connectivity index is 2.11. The molecule has 1 aliphatic heterocycles. The molecular formula is C18H21N3O8S. The molecule has 0 spiro atoms. The van der Waals surface area contributed by atoms with E-state index in [2.05, 4.69) is 15.8 Å². The number of ether oxygens (including phenoxy) is 3. The number of amides is 2. The van der Waals surface area contributed by atoms with E-state index in [4.69, 9.17) is 14.2 Å². The summed E-state index contributed by atoms with van der Waals surface area (Å²) in [4.78, 5) is 59.8. The molecule has 0 bridgehead atoms. The third-order valence-electron chi connectivity index (χ3n) is 3.81. The molecule has 12 heteroatoms. The van der Waals surface area contributed by atoms with Crippen molar-refractivity contribution in [1.29, 1.82) is 0 Å². The normalized spacial score (nSPS) is 13.0. The molecule has 1 aromatic heterocycles. The van der Waals surface area contributed by atoms with Crippen LogP contribution >= 0.6 is 11.3 Å². The molecule has 0 aromatic carbocycles. The predicted molar refractivity (Wildman–Crippen MR) is 105 cm³/mol. The lowest BCUT2D eigenvalue weighted by molar-refractivity contribution is -0.140. The molecule has 30 heavy (non-hydrogen) atoms. The van der Waals surface area contributed by atoms with Crippen molar-refractivity contribution in [3.05, 3.63) is 16.0 Å². The van der Waals surface area contributed by atoms with E-state index < -0.39 is 30.4 Å². The van der Waals surface area contributed by atoms with Gasteiger partial charge in [0.1, 0.15) is 15.6 Å². The van der Waals surface area contributed by atoms with E-state index in [1.807, 2.05) is 0 Å². The van der Waals surface area contributed by atoms with Gasteiger partial charge in [-0.15, -0.1) is 11.3 Å². The van der Waals surface area contributed by atoms with Gasteiger partial charge >= 0.3 is 17.9 Å². The molecule has 2 N–H and O–H groups in total. The highest BCUT2D eigenvalue weighted by Gasteiger charge is 2.28. The van der Waals surface area contributed by atoms with Crippen LogP contribution < -0.4 is 10.7 Å². The van der Waals surface area contributed by atoms with E-state index in [1.165, 1.54) is 0 Å². The number of thiophene rings is 1. The van der Waals surface area contributed by atoms with Crippen molar-refractivity contribution in [2.75, 3.05) is 25.1 Å². The number of nitrogens with one attached hydrogen (secondary N) is 2. The molecule has 1 aliphatic rings. The van der Waals surface area contributed by atoms with Crippen LogP contribution in [0.5, 0.6) is 0 Å². The Hall–Kier alpha value is -3.28. The zero-order valence-corrected chi connectivity index (χ0v) is 17.5. The van der Waals surface area contributed by atoms with Crippen molar-refractivity contribution in [2.45, 2.75) is 33.6 Å². The molecular weight excluding hydrogens is 418 g/mol. The lowest BCUT2D eigenvalue weighted by Crippen LogP contribution is -2.32. The first-order chi connectivity index (χ1) is 14.3. The van der Waals surface area contributed by atoms with Crippen LogP contribution in [0.2, 0.25) is 0 Å². The maximum absolute atomic E-state index is 12.3. The second kappa shape index (κ2) is 10.5. The number of carbonyl (C=O) groups is 5. The van der Waals surface area contributed by atoms with Gasteiger partial charge in [0.2, 0.25) is 5.91 Å². The molecule has 2 rings (SSSR count). The topological polar surface area (TPSA) is 149 Å². The molecule has 162 valence electrons.